The zero-order valence-corrected chi connectivity index (χ0v) is 14.6. The first-order chi connectivity index (χ1) is 11.5. The van der Waals surface area contributed by atoms with E-state index in [1.807, 2.05) is 31.2 Å². The van der Waals surface area contributed by atoms with Crippen molar-refractivity contribution in [3.05, 3.63) is 63.8 Å². The number of methoxy groups -OCH3 is 1. The van der Waals surface area contributed by atoms with E-state index in [0.717, 1.165) is 16.6 Å². The number of ether oxygens (including phenoxy) is 1. The summed E-state index contributed by atoms with van der Waals surface area (Å²) in [5, 5.41) is 4.37. The number of nitrogens with one attached hydrogen (secondary N) is 1. The molecule has 24 heavy (non-hydrogen) atoms. The number of anilines is 1. The summed E-state index contributed by atoms with van der Waals surface area (Å²) in [5.41, 5.74) is 2.58. The Morgan fingerprint density at radius 2 is 1.83 bits per heavy atom. The lowest BCUT2D eigenvalue weighted by Gasteiger charge is -2.11. The minimum Gasteiger partial charge on any atom is -0.494 e. The van der Waals surface area contributed by atoms with Gasteiger partial charge in [-0.3, -0.25) is 9.78 Å². The maximum absolute atomic E-state index is 12.5. The number of hydrogen-bond donors (Lipinski definition) is 1. The second-order valence-electron chi connectivity index (χ2n) is 5.26. The van der Waals surface area contributed by atoms with Crippen molar-refractivity contribution in [2.45, 2.75) is 6.92 Å². The summed E-state index contributed by atoms with van der Waals surface area (Å²) in [4.78, 5) is 17.0. The number of para-hydroxylation sites is 1. The predicted molar refractivity (Wildman–Crippen MR) is 97.4 cm³/mol. The van der Waals surface area contributed by atoms with Crippen LogP contribution in [0.3, 0.4) is 0 Å². The molecule has 1 heterocycles. The van der Waals surface area contributed by atoms with Gasteiger partial charge in [-0.15, -0.1) is 0 Å². The van der Waals surface area contributed by atoms with E-state index in [4.69, 9.17) is 27.9 Å². The fraction of sp³-hybridized carbons (Fsp3) is 0.111. The first-order valence-electron chi connectivity index (χ1n) is 7.20. The Balaban J connectivity index is 1.97. The molecule has 1 N–H and O–H groups in total. The van der Waals surface area contributed by atoms with Crippen LogP contribution in [-0.4, -0.2) is 18.0 Å². The Morgan fingerprint density at radius 1 is 1.12 bits per heavy atom. The van der Waals surface area contributed by atoms with Crippen molar-refractivity contribution < 1.29 is 9.53 Å². The van der Waals surface area contributed by atoms with Gasteiger partial charge in [0.1, 0.15) is 0 Å². The van der Waals surface area contributed by atoms with Crippen molar-refractivity contribution in [3.8, 4) is 5.75 Å². The molecule has 0 saturated carbocycles. The molecule has 0 aliphatic rings. The molecule has 1 aromatic heterocycles. The van der Waals surface area contributed by atoms with E-state index in [1.54, 1.807) is 6.07 Å². The van der Waals surface area contributed by atoms with Crippen molar-refractivity contribution in [2.75, 3.05) is 12.4 Å². The summed E-state index contributed by atoms with van der Waals surface area (Å²) < 4.78 is 5.09. The molecule has 0 bridgehead atoms. The fourth-order valence-corrected chi connectivity index (χ4v) is 3.07. The maximum Gasteiger partial charge on any atom is 0.255 e. The molecule has 0 aliphatic heterocycles. The maximum atomic E-state index is 12.5. The zero-order valence-electron chi connectivity index (χ0n) is 13.1. The number of fused-ring (bicyclic) bond motifs is 1. The van der Waals surface area contributed by atoms with Gasteiger partial charge in [0, 0.05) is 16.6 Å². The summed E-state index contributed by atoms with van der Waals surface area (Å²) in [6, 6.07) is 12.5. The lowest BCUT2D eigenvalue weighted by molar-refractivity contribution is 0.102. The SMILES string of the molecule is COc1c(Cl)cc(C(=O)Nc2cccc3ccc(C)nc23)cc1Cl. The lowest BCUT2D eigenvalue weighted by Crippen LogP contribution is -2.12. The summed E-state index contributed by atoms with van der Waals surface area (Å²) >= 11 is 12.2. The van der Waals surface area contributed by atoms with Crippen LogP contribution in [0.2, 0.25) is 10.0 Å². The average Bonchev–Trinajstić information content (AvgIpc) is 2.55. The fourth-order valence-electron chi connectivity index (χ4n) is 2.43. The predicted octanol–water partition coefficient (Wildman–Crippen LogP) is 5.11. The van der Waals surface area contributed by atoms with Gasteiger partial charge in [0.15, 0.2) is 5.75 Å². The molecule has 0 unspecified atom stereocenters. The second-order valence-corrected chi connectivity index (χ2v) is 6.07. The molecule has 3 rings (SSSR count). The zero-order chi connectivity index (χ0) is 17.3. The van der Waals surface area contributed by atoms with Crippen LogP contribution in [0.25, 0.3) is 10.9 Å². The molecule has 6 heteroatoms. The van der Waals surface area contributed by atoms with Crippen LogP contribution in [-0.2, 0) is 0 Å². The van der Waals surface area contributed by atoms with Crippen LogP contribution in [0.1, 0.15) is 16.1 Å². The van der Waals surface area contributed by atoms with Crippen LogP contribution in [0, 0.1) is 6.92 Å². The summed E-state index contributed by atoms with van der Waals surface area (Å²) in [6.45, 7) is 1.90. The topological polar surface area (TPSA) is 51.2 Å². The number of aryl methyl sites for hydroxylation is 1. The minimum atomic E-state index is -0.322. The Morgan fingerprint density at radius 3 is 2.50 bits per heavy atom. The number of halogens is 2. The van der Waals surface area contributed by atoms with Gasteiger partial charge in [0.25, 0.3) is 5.91 Å². The Labute approximate surface area is 149 Å². The van der Waals surface area contributed by atoms with Gasteiger partial charge in [-0.05, 0) is 31.2 Å². The molecule has 0 saturated heterocycles. The van der Waals surface area contributed by atoms with Gasteiger partial charge in [-0.1, -0.05) is 41.4 Å². The van der Waals surface area contributed by atoms with E-state index < -0.39 is 0 Å². The molecule has 1 amide bonds. The van der Waals surface area contributed by atoms with Gasteiger partial charge in [-0.2, -0.15) is 0 Å². The number of hydrogen-bond acceptors (Lipinski definition) is 3. The van der Waals surface area contributed by atoms with E-state index in [-0.39, 0.29) is 16.0 Å². The number of nitrogens with zero attached hydrogens (tertiary/aromatic N) is 1. The van der Waals surface area contributed by atoms with Crippen molar-refractivity contribution >= 4 is 45.7 Å². The Kier molecular flexibility index (Phi) is 4.60. The van der Waals surface area contributed by atoms with Crippen LogP contribution in [0.4, 0.5) is 5.69 Å². The average molecular weight is 361 g/mol. The van der Waals surface area contributed by atoms with Gasteiger partial charge in [0.05, 0.1) is 28.4 Å². The van der Waals surface area contributed by atoms with E-state index in [0.29, 0.717) is 17.0 Å². The minimum absolute atomic E-state index is 0.280. The summed E-state index contributed by atoms with van der Waals surface area (Å²) in [7, 11) is 1.47. The second kappa shape index (κ2) is 6.67. The highest BCUT2D eigenvalue weighted by Crippen LogP contribution is 2.34. The molecule has 122 valence electrons. The third-order valence-corrected chi connectivity index (χ3v) is 4.13. The molecular weight excluding hydrogens is 347 g/mol. The number of carbonyl (C=O) groups excluding carboxylic acids is 1. The summed E-state index contributed by atoms with van der Waals surface area (Å²) in [5.74, 6) is 0.0228. The number of benzene rings is 2. The van der Waals surface area contributed by atoms with Crippen LogP contribution >= 0.6 is 23.2 Å². The molecule has 0 aliphatic carbocycles. The first-order valence-corrected chi connectivity index (χ1v) is 7.96. The molecule has 3 aromatic rings. The quantitative estimate of drug-likeness (QED) is 0.705. The molecule has 2 aromatic carbocycles. The van der Waals surface area contributed by atoms with Crippen molar-refractivity contribution in [1.82, 2.24) is 4.98 Å². The highest BCUT2D eigenvalue weighted by Gasteiger charge is 2.15. The third-order valence-electron chi connectivity index (χ3n) is 3.57. The monoisotopic (exact) mass is 360 g/mol. The van der Waals surface area contributed by atoms with Gasteiger partial charge in [-0.25, -0.2) is 0 Å². The van der Waals surface area contributed by atoms with E-state index in [2.05, 4.69) is 10.3 Å². The van der Waals surface area contributed by atoms with E-state index in [1.165, 1.54) is 19.2 Å². The number of pyridine rings is 1. The van der Waals surface area contributed by atoms with Crippen molar-refractivity contribution in [1.29, 1.82) is 0 Å². The first kappa shape index (κ1) is 16.6. The van der Waals surface area contributed by atoms with E-state index in [9.17, 15) is 4.79 Å². The number of aromatic nitrogens is 1. The molecule has 4 nitrogen and oxygen atoms in total. The molecule has 0 atom stereocenters. The number of carbonyl (C=O) groups is 1. The van der Waals surface area contributed by atoms with Crippen molar-refractivity contribution in [2.24, 2.45) is 0 Å². The summed E-state index contributed by atoms with van der Waals surface area (Å²) in [6.07, 6.45) is 0. The molecule has 0 fully saturated rings. The largest absolute Gasteiger partial charge is 0.494 e. The molecule has 0 spiro atoms. The van der Waals surface area contributed by atoms with Crippen LogP contribution < -0.4 is 10.1 Å². The smallest absolute Gasteiger partial charge is 0.255 e. The Bertz CT molecular complexity index is 918. The highest BCUT2D eigenvalue weighted by molar-refractivity contribution is 6.37. The normalized spacial score (nSPS) is 10.7. The third kappa shape index (κ3) is 3.16. The van der Waals surface area contributed by atoms with Gasteiger partial charge < -0.3 is 10.1 Å². The molecule has 0 radical (unpaired) electrons. The lowest BCUT2D eigenvalue weighted by atomic mass is 10.1. The Hall–Kier alpha value is -2.30. The van der Waals surface area contributed by atoms with E-state index >= 15 is 0 Å². The molecular formula is C18H14Cl2N2O2. The van der Waals surface area contributed by atoms with Crippen LogP contribution in [0.15, 0.2) is 42.5 Å². The number of rotatable bonds is 3. The highest BCUT2D eigenvalue weighted by atomic mass is 35.5. The van der Waals surface area contributed by atoms with Gasteiger partial charge >= 0.3 is 0 Å². The van der Waals surface area contributed by atoms with Crippen LogP contribution in [0.5, 0.6) is 5.75 Å². The standard InChI is InChI=1S/C18H14Cl2N2O2/c1-10-6-7-11-4-3-5-15(16(11)21-10)22-18(23)12-8-13(19)17(24-2)14(20)9-12/h3-9H,1-2H3,(H,22,23). The van der Waals surface area contributed by atoms with Gasteiger partial charge in [0.2, 0.25) is 0 Å². The van der Waals surface area contributed by atoms with Crippen molar-refractivity contribution in [3.63, 3.8) is 0 Å². The number of amides is 1.